The summed E-state index contributed by atoms with van der Waals surface area (Å²) in [5.74, 6) is 0.198. The van der Waals surface area contributed by atoms with E-state index in [9.17, 15) is 9.18 Å². The lowest BCUT2D eigenvalue weighted by molar-refractivity contribution is -0.143. The average molecular weight is 343 g/mol. The van der Waals surface area contributed by atoms with Crippen molar-refractivity contribution in [2.45, 2.75) is 24.1 Å². The van der Waals surface area contributed by atoms with Crippen LogP contribution in [0.2, 0.25) is 0 Å². The van der Waals surface area contributed by atoms with Gasteiger partial charge < -0.3 is 9.30 Å². The molecule has 0 aliphatic rings. The summed E-state index contributed by atoms with van der Waals surface area (Å²) in [4.78, 5) is 12.9. The zero-order valence-corrected chi connectivity index (χ0v) is 14.2. The highest BCUT2D eigenvalue weighted by atomic mass is 32.2. The zero-order valence-electron chi connectivity index (χ0n) is 13.4. The highest BCUT2D eigenvalue weighted by Gasteiger charge is 2.12. The van der Waals surface area contributed by atoms with Crippen molar-refractivity contribution in [2.75, 3.05) is 6.61 Å². The van der Waals surface area contributed by atoms with Crippen LogP contribution in [0.4, 0.5) is 4.39 Å². The fraction of sp³-hybridized carbons (Fsp3) is 0.211. The standard InChI is InChI=1S/C19H18FNO2S/c1-2-23-19(22)12-21-11-18(16-8-3-4-9-17(16)21)24-13-14-6-5-7-15(20)10-14/h3-11H,2,12-13H2,1H3. The van der Waals surface area contributed by atoms with Crippen LogP contribution in [0.15, 0.2) is 59.6 Å². The molecular weight excluding hydrogens is 325 g/mol. The van der Waals surface area contributed by atoms with Gasteiger partial charge in [0.05, 0.1) is 6.61 Å². The zero-order chi connectivity index (χ0) is 16.9. The summed E-state index contributed by atoms with van der Waals surface area (Å²) >= 11 is 1.63. The van der Waals surface area contributed by atoms with Crippen LogP contribution >= 0.6 is 11.8 Å². The first kappa shape index (κ1) is 16.6. The fourth-order valence-corrected chi connectivity index (χ4v) is 3.62. The molecule has 0 amide bonds. The van der Waals surface area contributed by atoms with Gasteiger partial charge in [-0.15, -0.1) is 11.8 Å². The van der Waals surface area contributed by atoms with Crippen molar-refractivity contribution in [1.29, 1.82) is 0 Å². The summed E-state index contributed by atoms with van der Waals surface area (Å²) in [6, 6.07) is 14.6. The SMILES string of the molecule is CCOC(=O)Cn1cc(SCc2cccc(F)c2)c2ccccc21. The van der Waals surface area contributed by atoms with Crippen LogP contribution < -0.4 is 0 Å². The Balaban J connectivity index is 1.84. The highest BCUT2D eigenvalue weighted by molar-refractivity contribution is 7.98. The van der Waals surface area contributed by atoms with Crippen molar-refractivity contribution in [1.82, 2.24) is 4.57 Å². The molecule has 0 aliphatic heterocycles. The molecule has 0 saturated carbocycles. The third-order valence-corrected chi connectivity index (χ3v) is 4.75. The molecule has 3 aromatic rings. The summed E-state index contributed by atoms with van der Waals surface area (Å²) in [6.45, 7) is 2.36. The lowest BCUT2D eigenvalue weighted by Crippen LogP contribution is -2.12. The number of carbonyl (C=O) groups is 1. The van der Waals surface area contributed by atoms with Crippen LogP contribution in [0.5, 0.6) is 0 Å². The molecule has 3 rings (SSSR count). The first-order chi connectivity index (χ1) is 11.7. The monoisotopic (exact) mass is 343 g/mol. The number of ether oxygens (including phenoxy) is 1. The highest BCUT2D eigenvalue weighted by Crippen LogP contribution is 2.32. The maximum absolute atomic E-state index is 13.3. The van der Waals surface area contributed by atoms with Gasteiger partial charge >= 0.3 is 5.97 Å². The first-order valence-electron chi connectivity index (χ1n) is 7.78. The molecule has 0 spiro atoms. The Labute approximate surface area is 144 Å². The molecule has 0 radical (unpaired) electrons. The lowest BCUT2D eigenvalue weighted by atomic mass is 10.2. The topological polar surface area (TPSA) is 31.2 Å². The predicted octanol–water partition coefficient (Wildman–Crippen LogP) is 4.64. The van der Waals surface area contributed by atoms with E-state index in [4.69, 9.17) is 4.74 Å². The minimum Gasteiger partial charge on any atom is -0.465 e. The van der Waals surface area contributed by atoms with E-state index in [0.717, 1.165) is 21.4 Å². The molecule has 1 heterocycles. The Hall–Kier alpha value is -2.27. The molecule has 2 aromatic carbocycles. The predicted molar refractivity (Wildman–Crippen MR) is 94.5 cm³/mol. The number of fused-ring (bicyclic) bond motifs is 1. The number of nitrogens with zero attached hydrogens (tertiary/aromatic N) is 1. The van der Waals surface area contributed by atoms with Crippen molar-refractivity contribution in [2.24, 2.45) is 0 Å². The summed E-state index contributed by atoms with van der Waals surface area (Å²) in [6.07, 6.45) is 1.96. The third kappa shape index (κ3) is 3.79. The van der Waals surface area contributed by atoms with Crippen LogP contribution in [0.1, 0.15) is 12.5 Å². The molecule has 24 heavy (non-hydrogen) atoms. The van der Waals surface area contributed by atoms with Gasteiger partial charge in [0, 0.05) is 27.7 Å². The molecule has 0 bridgehead atoms. The lowest BCUT2D eigenvalue weighted by Gasteiger charge is -2.04. The Morgan fingerprint density at radius 1 is 1.21 bits per heavy atom. The van der Waals surface area contributed by atoms with Crippen molar-refractivity contribution >= 4 is 28.6 Å². The number of hydrogen-bond acceptors (Lipinski definition) is 3. The molecule has 1 aromatic heterocycles. The van der Waals surface area contributed by atoms with Crippen molar-refractivity contribution in [3.05, 3.63) is 66.1 Å². The van der Waals surface area contributed by atoms with E-state index in [1.54, 1.807) is 30.8 Å². The van der Waals surface area contributed by atoms with Crippen LogP contribution in [0.3, 0.4) is 0 Å². The van der Waals surface area contributed by atoms with Crippen LogP contribution in [0.25, 0.3) is 10.9 Å². The van der Waals surface area contributed by atoms with Gasteiger partial charge in [-0.2, -0.15) is 0 Å². The Bertz CT molecular complexity index is 859. The van der Waals surface area contributed by atoms with E-state index in [2.05, 4.69) is 0 Å². The number of aromatic nitrogens is 1. The molecule has 0 fully saturated rings. The molecule has 0 aliphatic carbocycles. The number of carbonyl (C=O) groups excluding carboxylic acids is 1. The third-order valence-electron chi connectivity index (χ3n) is 3.64. The average Bonchev–Trinajstić information content (AvgIpc) is 2.91. The van der Waals surface area contributed by atoms with Crippen molar-refractivity contribution < 1.29 is 13.9 Å². The minimum absolute atomic E-state index is 0.189. The molecule has 0 N–H and O–H groups in total. The van der Waals surface area contributed by atoms with Gasteiger partial charge in [0.25, 0.3) is 0 Å². The molecule has 3 nitrogen and oxygen atoms in total. The number of para-hydroxylation sites is 1. The van der Waals surface area contributed by atoms with E-state index >= 15 is 0 Å². The van der Waals surface area contributed by atoms with Gasteiger partial charge in [-0.1, -0.05) is 30.3 Å². The second kappa shape index (κ2) is 7.53. The second-order valence-electron chi connectivity index (χ2n) is 5.36. The Kier molecular flexibility index (Phi) is 5.20. The number of rotatable bonds is 6. The van der Waals surface area contributed by atoms with Gasteiger partial charge in [-0.25, -0.2) is 4.39 Å². The van der Waals surface area contributed by atoms with E-state index in [1.165, 1.54) is 6.07 Å². The summed E-state index contributed by atoms with van der Waals surface area (Å²) in [5, 5.41) is 1.09. The van der Waals surface area contributed by atoms with E-state index in [0.29, 0.717) is 12.4 Å². The maximum atomic E-state index is 13.3. The number of hydrogen-bond donors (Lipinski definition) is 0. The summed E-state index contributed by atoms with van der Waals surface area (Å²) < 4.78 is 20.2. The van der Waals surface area contributed by atoms with Crippen molar-refractivity contribution in [3.8, 4) is 0 Å². The normalized spacial score (nSPS) is 10.9. The van der Waals surface area contributed by atoms with E-state index in [1.807, 2.05) is 41.1 Å². The largest absolute Gasteiger partial charge is 0.465 e. The Morgan fingerprint density at radius 3 is 2.83 bits per heavy atom. The van der Waals surface area contributed by atoms with Gasteiger partial charge in [-0.05, 0) is 30.7 Å². The molecule has 124 valence electrons. The summed E-state index contributed by atoms with van der Waals surface area (Å²) in [5.41, 5.74) is 1.93. The smallest absolute Gasteiger partial charge is 0.325 e. The molecule has 0 saturated heterocycles. The molecule has 0 unspecified atom stereocenters. The first-order valence-corrected chi connectivity index (χ1v) is 8.76. The van der Waals surface area contributed by atoms with Gasteiger partial charge in [-0.3, -0.25) is 4.79 Å². The van der Waals surface area contributed by atoms with Gasteiger partial charge in [0.2, 0.25) is 0 Å². The number of esters is 1. The molecule has 0 atom stereocenters. The van der Waals surface area contributed by atoms with Gasteiger partial charge in [0.1, 0.15) is 12.4 Å². The van der Waals surface area contributed by atoms with E-state index < -0.39 is 0 Å². The van der Waals surface area contributed by atoms with E-state index in [-0.39, 0.29) is 18.3 Å². The van der Waals surface area contributed by atoms with Gasteiger partial charge in [0.15, 0.2) is 0 Å². The number of thioether (sulfide) groups is 1. The van der Waals surface area contributed by atoms with Crippen LogP contribution in [0, 0.1) is 5.82 Å². The summed E-state index contributed by atoms with van der Waals surface area (Å²) in [7, 11) is 0. The van der Waals surface area contributed by atoms with Crippen molar-refractivity contribution in [3.63, 3.8) is 0 Å². The van der Waals surface area contributed by atoms with Crippen LogP contribution in [-0.4, -0.2) is 17.1 Å². The minimum atomic E-state index is -0.250. The number of halogens is 1. The fourth-order valence-electron chi connectivity index (χ4n) is 2.59. The number of benzene rings is 2. The molecule has 5 heteroatoms. The molecular formula is C19H18FNO2S. The Morgan fingerprint density at radius 2 is 2.04 bits per heavy atom. The second-order valence-corrected chi connectivity index (χ2v) is 6.38. The van der Waals surface area contributed by atoms with Crippen LogP contribution in [-0.2, 0) is 21.8 Å². The quantitative estimate of drug-likeness (QED) is 0.483. The maximum Gasteiger partial charge on any atom is 0.325 e.